The Balaban J connectivity index is 1.68. The van der Waals surface area contributed by atoms with E-state index in [4.69, 9.17) is 9.15 Å². The SMILES string of the molecule is COc1ccc(C(C)NC(=O)c2cccc(NC(=O)c3ccc(Br)o3)c2)cc1F. The summed E-state index contributed by atoms with van der Waals surface area (Å²) in [4.78, 5) is 24.8. The third-order valence-electron chi connectivity index (χ3n) is 4.20. The van der Waals surface area contributed by atoms with Crippen molar-refractivity contribution in [3.8, 4) is 5.75 Å². The summed E-state index contributed by atoms with van der Waals surface area (Å²) in [5, 5.41) is 5.48. The minimum absolute atomic E-state index is 0.138. The zero-order valence-electron chi connectivity index (χ0n) is 15.7. The van der Waals surface area contributed by atoms with E-state index in [0.29, 0.717) is 21.5 Å². The minimum Gasteiger partial charge on any atom is -0.494 e. The van der Waals surface area contributed by atoms with E-state index in [0.717, 1.165) is 0 Å². The molecule has 0 aliphatic heterocycles. The number of hydrogen-bond donors (Lipinski definition) is 2. The van der Waals surface area contributed by atoms with Gasteiger partial charge in [0.25, 0.3) is 11.8 Å². The average Bonchev–Trinajstić information content (AvgIpc) is 3.14. The summed E-state index contributed by atoms with van der Waals surface area (Å²) in [6.45, 7) is 1.75. The number of hydrogen-bond acceptors (Lipinski definition) is 4. The predicted octanol–water partition coefficient (Wildman–Crippen LogP) is 4.93. The topological polar surface area (TPSA) is 80.6 Å². The number of methoxy groups -OCH3 is 1. The molecule has 3 rings (SSSR count). The standard InChI is InChI=1S/C21H18BrFN2O4/c1-12(13-6-7-17(28-2)16(23)11-13)24-20(26)14-4-3-5-15(10-14)25-21(27)18-8-9-19(22)29-18/h3-12H,1-2H3,(H,24,26)(H,25,27). The minimum atomic E-state index is -0.500. The Morgan fingerprint density at radius 3 is 2.55 bits per heavy atom. The van der Waals surface area contributed by atoms with Crippen LogP contribution in [0, 0.1) is 5.82 Å². The van der Waals surface area contributed by atoms with E-state index in [2.05, 4.69) is 26.6 Å². The largest absolute Gasteiger partial charge is 0.494 e. The second-order valence-corrected chi connectivity index (χ2v) is 7.01. The lowest BCUT2D eigenvalue weighted by Gasteiger charge is -2.15. The first-order valence-electron chi connectivity index (χ1n) is 8.68. The van der Waals surface area contributed by atoms with Gasteiger partial charge >= 0.3 is 0 Å². The van der Waals surface area contributed by atoms with E-state index in [9.17, 15) is 14.0 Å². The van der Waals surface area contributed by atoms with Crippen LogP contribution in [0.2, 0.25) is 0 Å². The molecule has 1 unspecified atom stereocenters. The Morgan fingerprint density at radius 2 is 1.90 bits per heavy atom. The molecule has 29 heavy (non-hydrogen) atoms. The molecule has 3 aromatic rings. The van der Waals surface area contributed by atoms with Crippen LogP contribution >= 0.6 is 15.9 Å². The lowest BCUT2D eigenvalue weighted by molar-refractivity contribution is 0.0938. The van der Waals surface area contributed by atoms with Gasteiger partial charge in [0.15, 0.2) is 22.0 Å². The van der Waals surface area contributed by atoms with Gasteiger partial charge in [0, 0.05) is 11.3 Å². The average molecular weight is 461 g/mol. The first-order chi connectivity index (χ1) is 13.9. The number of furan rings is 1. The zero-order chi connectivity index (χ0) is 21.0. The van der Waals surface area contributed by atoms with Crippen LogP contribution in [0.4, 0.5) is 10.1 Å². The summed E-state index contributed by atoms with van der Waals surface area (Å²) in [5.41, 5.74) is 1.40. The van der Waals surface area contributed by atoms with Crippen molar-refractivity contribution in [2.45, 2.75) is 13.0 Å². The molecule has 2 aromatic carbocycles. The third-order valence-corrected chi connectivity index (χ3v) is 4.63. The molecule has 0 bridgehead atoms. The highest BCUT2D eigenvalue weighted by Gasteiger charge is 2.15. The monoisotopic (exact) mass is 460 g/mol. The number of nitrogens with one attached hydrogen (secondary N) is 2. The third kappa shape index (κ3) is 5.03. The van der Waals surface area contributed by atoms with Crippen LogP contribution in [-0.4, -0.2) is 18.9 Å². The van der Waals surface area contributed by atoms with Crippen LogP contribution in [0.3, 0.4) is 0 Å². The summed E-state index contributed by atoms with van der Waals surface area (Å²) < 4.78 is 24.5. The fourth-order valence-corrected chi connectivity index (χ4v) is 2.99. The van der Waals surface area contributed by atoms with E-state index in [1.165, 1.54) is 25.3 Å². The fraction of sp³-hybridized carbons (Fsp3) is 0.143. The molecule has 6 nitrogen and oxygen atoms in total. The first kappa shape index (κ1) is 20.6. The molecule has 0 saturated heterocycles. The summed E-state index contributed by atoms with van der Waals surface area (Å²) in [7, 11) is 1.39. The van der Waals surface area contributed by atoms with E-state index >= 15 is 0 Å². The Labute approximate surface area is 175 Å². The van der Waals surface area contributed by atoms with Crippen LogP contribution < -0.4 is 15.4 Å². The van der Waals surface area contributed by atoms with Gasteiger partial charge in [0.05, 0.1) is 13.2 Å². The molecule has 0 aliphatic carbocycles. The molecule has 0 spiro atoms. The molecule has 2 amide bonds. The first-order valence-corrected chi connectivity index (χ1v) is 9.47. The fourth-order valence-electron chi connectivity index (χ4n) is 2.68. The van der Waals surface area contributed by atoms with Gasteiger partial charge in [-0.2, -0.15) is 0 Å². The maximum absolute atomic E-state index is 13.9. The number of amides is 2. The molecule has 0 radical (unpaired) electrons. The molecular weight excluding hydrogens is 443 g/mol. The molecule has 1 heterocycles. The lowest BCUT2D eigenvalue weighted by Crippen LogP contribution is -2.26. The molecule has 1 atom stereocenters. The van der Waals surface area contributed by atoms with Crippen molar-refractivity contribution >= 4 is 33.4 Å². The van der Waals surface area contributed by atoms with Crippen LogP contribution in [-0.2, 0) is 0 Å². The normalized spacial score (nSPS) is 11.6. The smallest absolute Gasteiger partial charge is 0.291 e. The van der Waals surface area contributed by atoms with Crippen molar-refractivity contribution in [1.82, 2.24) is 5.32 Å². The molecule has 2 N–H and O–H groups in total. The molecular formula is C21H18BrFN2O4. The number of ether oxygens (including phenoxy) is 1. The Morgan fingerprint density at radius 1 is 1.10 bits per heavy atom. The Hall–Kier alpha value is -3.13. The number of carbonyl (C=O) groups is 2. The number of halogens is 2. The molecule has 8 heteroatoms. The van der Waals surface area contributed by atoms with Crippen LogP contribution in [0.5, 0.6) is 5.75 Å². The number of anilines is 1. The molecule has 0 aliphatic rings. The van der Waals surface area contributed by atoms with Crippen molar-refractivity contribution in [2.75, 3.05) is 12.4 Å². The highest BCUT2D eigenvalue weighted by atomic mass is 79.9. The maximum Gasteiger partial charge on any atom is 0.291 e. The van der Waals surface area contributed by atoms with Gasteiger partial charge in [-0.05, 0) is 70.9 Å². The van der Waals surface area contributed by atoms with Crippen molar-refractivity contribution < 1.29 is 23.1 Å². The molecule has 0 fully saturated rings. The van der Waals surface area contributed by atoms with Crippen molar-refractivity contribution in [3.63, 3.8) is 0 Å². The van der Waals surface area contributed by atoms with Crippen LogP contribution in [0.1, 0.15) is 39.4 Å². The van der Waals surface area contributed by atoms with E-state index in [-0.39, 0.29) is 17.4 Å². The Bertz CT molecular complexity index is 1050. The molecule has 0 saturated carbocycles. The van der Waals surface area contributed by atoms with Crippen molar-refractivity contribution in [3.05, 3.63) is 82.0 Å². The highest BCUT2D eigenvalue weighted by molar-refractivity contribution is 9.10. The van der Waals surface area contributed by atoms with Gasteiger partial charge in [-0.3, -0.25) is 9.59 Å². The van der Waals surface area contributed by atoms with Gasteiger partial charge in [-0.1, -0.05) is 12.1 Å². The highest BCUT2D eigenvalue weighted by Crippen LogP contribution is 2.22. The second-order valence-electron chi connectivity index (χ2n) is 6.23. The predicted molar refractivity (Wildman–Crippen MR) is 110 cm³/mol. The maximum atomic E-state index is 13.9. The van der Waals surface area contributed by atoms with Gasteiger partial charge in [0.2, 0.25) is 0 Å². The quantitative estimate of drug-likeness (QED) is 0.546. The van der Waals surface area contributed by atoms with Crippen LogP contribution in [0.15, 0.2) is 63.7 Å². The summed E-state index contributed by atoms with van der Waals surface area (Å²) >= 11 is 3.14. The second kappa shape index (κ2) is 8.91. The summed E-state index contributed by atoms with van der Waals surface area (Å²) in [5.74, 6) is -1.01. The number of carbonyl (C=O) groups excluding carboxylic acids is 2. The number of benzene rings is 2. The zero-order valence-corrected chi connectivity index (χ0v) is 17.2. The lowest BCUT2D eigenvalue weighted by atomic mass is 10.1. The van der Waals surface area contributed by atoms with Gasteiger partial charge in [-0.15, -0.1) is 0 Å². The summed E-state index contributed by atoms with van der Waals surface area (Å²) in [6.07, 6.45) is 0. The van der Waals surface area contributed by atoms with E-state index < -0.39 is 17.8 Å². The number of rotatable bonds is 6. The Kier molecular flexibility index (Phi) is 6.33. The van der Waals surface area contributed by atoms with Gasteiger partial charge < -0.3 is 19.8 Å². The molecule has 1 aromatic heterocycles. The van der Waals surface area contributed by atoms with Gasteiger partial charge in [0.1, 0.15) is 0 Å². The van der Waals surface area contributed by atoms with E-state index in [1.807, 2.05) is 0 Å². The van der Waals surface area contributed by atoms with Crippen LogP contribution in [0.25, 0.3) is 0 Å². The van der Waals surface area contributed by atoms with Gasteiger partial charge in [-0.25, -0.2) is 4.39 Å². The summed E-state index contributed by atoms with van der Waals surface area (Å²) in [6, 6.07) is 13.7. The van der Waals surface area contributed by atoms with Crippen molar-refractivity contribution in [1.29, 1.82) is 0 Å². The van der Waals surface area contributed by atoms with E-state index in [1.54, 1.807) is 43.3 Å². The van der Waals surface area contributed by atoms with Crippen molar-refractivity contribution in [2.24, 2.45) is 0 Å². The molecule has 150 valence electrons.